The van der Waals surface area contributed by atoms with Crippen LogP contribution < -0.4 is 0 Å². The Labute approximate surface area is 152 Å². The number of nitrogens with zero attached hydrogens (tertiary/aromatic N) is 2. The minimum Gasteiger partial charge on any atom is -0.462 e. The third kappa shape index (κ3) is 4.11. The minimum atomic E-state index is -1.08. The Balaban J connectivity index is 1.81. The smallest absolute Gasteiger partial charge is 0.348 e. The minimum absolute atomic E-state index is 0.265. The number of carbonyl (C=O) groups excluding carboxylic acids is 1. The van der Waals surface area contributed by atoms with Crippen molar-refractivity contribution in [1.82, 2.24) is 9.78 Å². The summed E-state index contributed by atoms with van der Waals surface area (Å²) >= 11 is 1.46. The largest absolute Gasteiger partial charge is 0.462 e. The first-order valence-electron chi connectivity index (χ1n) is 8.52. The second-order valence-corrected chi connectivity index (χ2v) is 13.9. The average Bonchev–Trinajstić information content (AvgIpc) is 3.14. The number of rotatable bonds is 7. The van der Waals surface area contributed by atoms with Gasteiger partial charge in [0, 0.05) is 30.2 Å². The van der Waals surface area contributed by atoms with E-state index in [2.05, 4.69) is 24.7 Å². The predicted molar refractivity (Wildman–Crippen MR) is 105 cm³/mol. The van der Waals surface area contributed by atoms with Crippen molar-refractivity contribution in [3.8, 4) is 0 Å². The van der Waals surface area contributed by atoms with Gasteiger partial charge in [-0.1, -0.05) is 19.6 Å². The van der Waals surface area contributed by atoms with Crippen LogP contribution in [0.15, 0.2) is 24.4 Å². The maximum absolute atomic E-state index is 12.0. The molecule has 0 bridgehead atoms. The van der Waals surface area contributed by atoms with Crippen LogP contribution in [0.3, 0.4) is 0 Å². The maximum atomic E-state index is 12.0. The summed E-state index contributed by atoms with van der Waals surface area (Å²) in [5.74, 6) is -0.265. The molecule has 0 N–H and O–H groups in total. The number of aromatic nitrogens is 2. The number of hydrogen-bond acceptors (Lipinski definition) is 5. The fourth-order valence-electron chi connectivity index (χ4n) is 2.61. The number of ether oxygens (including phenoxy) is 2. The van der Waals surface area contributed by atoms with Gasteiger partial charge in [0.1, 0.15) is 11.6 Å². The van der Waals surface area contributed by atoms with Crippen LogP contribution in [0.2, 0.25) is 25.7 Å². The van der Waals surface area contributed by atoms with Gasteiger partial charge in [-0.25, -0.2) is 9.48 Å². The van der Waals surface area contributed by atoms with E-state index < -0.39 is 8.07 Å². The van der Waals surface area contributed by atoms with Crippen LogP contribution in [0.25, 0.3) is 21.0 Å². The van der Waals surface area contributed by atoms with Crippen molar-refractivity contribution >= 4 is 46.4 Å². The molecule has 0 unspecified atom stereocenters. The number of hydrogen-bond donors (Lipinski definition) is 0. The highest BCUT2D eigenvalue weighted by molar-refractivity contribution is 7.20. The van der Waals surface area contributed by atoms with E-state index in [1.54, 1.807) is 0 Å². The van der Waals surface area contributed by atoms with Crippen LogP contribution in [0.5, 0.6) is 0 Å². The first-order valence-corrected chi connectivity index (χ1v) is 13.0. The molecule has 0 atom stereocenters. The van der Waals surface area contributed by atoms with Crippen LogP contribution in [-0.2, 0) is 16.2 Å². The number of carbonyl (C=O) groups is 1. The molecule has 0 aliphatic heterocycles. The van der Waals surface area contributed by atoms with E-state index in [1.807, 2.05) is 36.0 Å². The van der Waals surface area contributed by atoms with E-state index in [0.29, 0.717) is 18.2 Å². The van der Waals surface area contributed by atoms with Crippen molar-refractivity contribution in [2.45, 2.75) is 39.3 Å². The summed E-state index contributed by atoms with van der Waals surface area (Å²) in [6, 6.07) is 7.12. The highest BCUT2D eigenvalue weighted by Gasteiger charge is 2.15. The van der Waals surface area contributed by atoms with Crippen molar-refractivity contribution in [3.05, 3.63) is 29.3 Å². The summed E-state index contributed by atoms with van der Waals surface area (Å²) in [5.41, 5.74) is 1.02. The normalized spacial score (nSPS) is 12.2. The molecule has 134 valence electrons. The molecule has 1 aromatic carbocycles. The van der Waals surface area contributed by atoms with Crippen molar-refractivity contribution in [2.75, 3.05) is 13.2 Å². The van der Waals surface area contributed by atoms with Crippen molar-refractivity contribution in [3.63, 3.8) is 0 Å². The van der Waals surface area contributed by atoms with E-state index in [-0.39, 0.29) is 5.97 Å². The van der Waals surface area contributed by atoms with Gasteiger partial charge in [0.2, 0.25) is 0 Å². The van der Waals surface area contributed by atoms with Crippen LogP contribution >= 0.6 is 11.3 Å². The monoisotopic (exact) mass is 376 g/mol. The fourth-order valence-corrected chi connectivity index (χ4v) is 4.33. The molecule has 0 spiro atoms. The van der Waals surface area contributed by atoms with Crippen molar-refractivity contribution in [1.29, 1.82) is 0 Å². The van der Waals surface area contributed by atoms with Crippen molar-refractivity contribution in [2.24, 2.45) is 0 Å². The zero-order chi connectivity index (χ0) is 18.0. The van der Waals surface area contributed by atoms with Gasteiger partial charge in [0.15, 0.2) is 0 Å². The SMILES string of the molecule is CCOC(=O)c1cc2c(ccc3c2cnn3COCC[Si](C)(C)C)s1. The molecule has 0 saturated heterocycles. The lowest BCUT2D eigenvalue weighted by Crippen LogP contribution is -2.22. The van der Waals surface area contributed by atoms with Gasteiger partial charge in [-0.05, 0) is 31.2 Å². The molecular weight excluding hydrogens is 352 g/mol. The Kier molecular flexibility index (Phi) is 5.26. The van der Waals surface area contributed by atoms with Crippen LogP contribution in [0.4, 0.5) is 0 Å². The second kappa shape index (κ2) is 7.27. The quantitative estimate of drug-likeness (QED) is 0.339. The third-order valence-electron chi connectivity index (χ3n) is 4.01. The van der Waals surface area contributed by atoms with Gasteiger partial charge in [-0.2, -0.15) is 5.10 Å². The summed E-state index contributed by atoms with van der Waals surface area (Å²) in [5, 5.41) is 6.54. The van der Waals surface area contributed by atoms with Crippen molar-refractivity contribution < 1.29 is 14.3 Å². The van der Waals surface area contributed by atoms with E-state index in [4.69, 9.17) is 9.47 Å². The average molecular weight is 377 g/mol. The standard InChI is InChI=1S/C18H24N2O3SSi/c1-5-23-18(21)17-10-13-14-11-19-20(12-22-8-9-25(2,3)4)15(14)6-7-16(13)24-17/h6-7,10-11H,5,8-9,12H2,1-4H3. The molecule has 2 aromatic heterocycles. The summed E-state index contributed by atoms with van der Waals surface area (Å²) in [6.45, 7) is 10.4. The molecule has 2 heterocycles. The Morgan fingerprint density at radius 1 is 1.28 bits per heavy atom. The molecule has 0 fully saturated rings. The van der Waals surface area contributed by atoms with E-state index >= 15 is 0 Å². The number of fused-ring (bicyclic) bond motifs is 3. The van der Waals surface area contributed by atoms with Crippen LogP contribution in [0, 0.1) is 0 Å². The lowest BCUT2D eigenvalue weighted by molar-refractivity contribution is 0.0532. The Morgan fingerprint density at radius 3 is 2.80 bits per heavy atom. The van der Waals surface area contributed by atoms with E-state index in [9.17, 15) is 4.79 Å². The Bertz CT molecular complexity index is 895. The van der Waals surface area contributed by atoms with Gasteiger partial charge in [0.05, 0.1) is 18.3 Å². The van der Waals surface area contributed by atoms with Gasteiger partial charge in [-0.15, -0.1) is 11.3 Å². The molecule has 0 amide bonds. The molecule has 0 radical (unpaired) electrons. The number of benzene rings is 1. The molecule has 0 aliphatic rings. The summed E-state index contributed by atoms with van der Waals surface area (Å²) in [4.78, 5) is 12.6. The molecule has 3 aromatic rings. The first kappa shape index (κ1) is 18.1. The summed E-state index contributed by atoms with van der Waals surface area (Å²) in [6.07, 6.45) is 1.85. The maximum Gasteiger partial charge on any atom is 0.348 e. The molecular formula is C18H24N2O3SSi. The molecule has 25 heavy (non-hydrogen) atoms. The number of thiophene rings is 1. The topological polar surface area (TPSA) is 53.3 Å². The van der Waals surface area contributed by atoms with Crippen LogP contribution in [-0.4, -0.2) is 37.0 Å². The van der Waals surface area contributed by atoms with Gasteiger partial charge in [0.25, 0.3) is 0 Å². The molecule has 0 aliphatic carbocycles. The highest BCUT2D eigenvalue weighted by Crippen LogP contribution is 2.32. The Hall–Kier alpha value is -1.70. The van der Waals surface area contributed by atoms with Gasteiger partial charge >= 0.3 is 5.97 Å². The first-order chi connectivity index (χ1) is 11.9. The van der Waals surface area contributed by atoms with Crippen LogP contribution in [0.1, 0.15) is 16.6 Å². The number of esters is 1. The van der Waals surface area contributed by atoms with Gasteiger partial charge in [-0.3, -0.25) is 0 Å². The molecule has 5 nitrogen and oxygen atoms in total. The lowest BCUT2D eigenvalue weighted by Gasteiger charge is -2.15. The molecule has 0 saturated carbocycles. The molecule has 3 rings (SSSR count). The highest BCUT2D eigenvalue weighted by atomic mass is 32.1. The zero-order valence-electron chi connectivity index (χ0n) is 15.2. The molecule has 7 heteroatoms. The van der Waals surface area contributed by atoms with Gasteiger partial charge < -0.3 is 9.47 Å². The lowest BCUT2D eigenvalue weighted by atomic mass is 10.2. The zero-order valence-corrected chi connectivity index (χ0v) is 17.0. The summed E-state index contributed by atoms with van der Waals surface area (Å²) < 4.78 is 13.9. The predicted octanol–water partition coefficient (Wildman–Crippen LogP) is 4.74. The third-order valence-corrected chi connectivity index (χ3v) is 6.79. The van der Waals surface area contributed by atoms with E-state index in [1.165, 1.54) is 11.3 Å². The second-order valence-electron chi connectivity index (χ2n) is 7.23. The Morgan fingerprint density at radius 2 is 2.08 bits per heavy atom. The summed E-state index contributed by atoms with van der Waals surface area (Å²) in [7, 11) is -1.08. The fraction of sp³-hybridized carbons (Fsp3) is 0.444. The van der Waals surface area contributed by atoms with E-state index in [0.717, 1.165) is 33.6 Å².